The Bertz CT molecular complexity index is 1160. The Labute approximate surface area is 212 Å². The lowest BCUT2D eigenvalue weighted by atomic mass is 9.95. The van der Waals surface area contributed by atoms with Crippen LogP contribution in [0.4, 0.5) is 11.4 Å². The van der Waals surface area contributed by atoms with Gasteiger partial charge in [-0.1, -0.05) is 49.2 Å². The Morgan fingerprint density at radius 2 is 1.94 bits per heavy atom. The Morgan fingerprint density at radius 3 is 2.71 bits per heavy atom. The van der Waals surface area contributed by atoms with E-state index in [2.05, 4.69) is 31.5 Å². The maximum atomic E-state index is 13.0. The Hall–Kier alpha value is -3.00. The van der Waals surface area contributed by atoms with Crippen molar-refractivity contribution in [1.82, 2.24) is 14.8 Å². The number of nitrogens with zero attached hydrogens (tertiary/aromatic N) is 3. The first-order valence-electron chi connectivity index (χ1n) is 12.3. The average molecular weight is 494 g/mol. The first kappa shape index (κ1) is 25.1. The maximum Gasteiger partial charge on any atom is 0.237 e. The monoisotopic (exact) mass is 493 g/mol. The number of hydrogen-bond acceptors (Lipinski definition) is 6. The van der Waals surface area contributed by atoms with Crippen LogP contribution >= 0.6 is 11.8 Å². The fourth-order valence-corrected chi connectivity index (χ4v) is 5.38. The summed E-state index contributed by atoms with van der Waals surface area (Å²) in [4.78, 5) is 13.0. The molecule has 35 heavy (non-hydrogen) atoms. The molecule has 1 atom stereocenters. The van der Waals surface area contributed by atoms with E-state index in [1.807, 2.05) is 57.2 Å². The molecule has 186 valence electrons. The van der Waals surface area contributed by atoms with Crippen molar-refractivity contribution in [2.45, 2.75) is 75.9 Å². The molecule has 4 rings (SSSR count). The van der Waals surface area contributed by atoms with Crippen molar-refractivity contribution in [3.63, 3.8) is 0 Å². The normalized spacial score (nSPS) is 15.0. The molecule has 1 unspecified atom stereocenters. The number of aryl methyl sites for hydroxylation is 2. The highest BCUT2D eigenvalue weighted by Crippen LogP contribution is 2.34. The number of anilines is 2. The fraction of sp³-hybridized carbons (Fsp3) is 0.444. The smallest absolute Gasteiger partial charge is 0.237 e. The summed E-state index contributed by atoms with van der Waals surface area (Å²) in [6, 6.07) is 14.3. The molecule has 0 bridgehead atoms. The van der Waals surface area contributed by atoms with Crippen LogP contribution in [0, 0.1) is 13.8 Å². The van der Waals surface area contributed by atoms with E-state index in [9.17, 15) is 4.79 Å². The number of thioether (sulfide) groups is 1. The zero-order valence-electron chi connectivity index (χ0n) is 21.0. The van der Waals surface area contributed by atoms with Crippen molar-refractivity contribution < 1.29 is 9.53 Å². The Morgan fingerprint density at radius 1 is 1.14 bits per heavy atom. The molecule has 8 heteroatoms. The van der Waals surface area contributed by atoms with Crippen LogP contribution in [0.25, 0.3) is 0 Å². The molecule has 0 saturated heterocycles. The predicted molar refractivity (Wildman–Crippen MR) is 142 cm³/mol. The number of aromatic nitrogens is 3. The van der Waals surface area contributed by atoms with E-state index < -0.39 is 0 Å². The summed E-state index contributed by atoms with van der Waals surface area (Å²) in [7, 11) is 1.67. The summed E-state index contributed by atoms with van der Waals surface area (Å²) in [5.41, 5.74) is 4.01. The summed E-state index contributed by atoms with van der Waals surface area (Å²) in [5.74, 6) is 1.67. The van der Waals surface area contributed by atoms with Crippen molar-refractivity contribution in [3.05, 3.63) is 59.4 Å². The fourth-order valence-electron chi connectivity index (χ4n) is 4.44. The second-order valence-corrected chi connectivity index (χ2v) is 10.5. The van der Waals surface area contributed by atoms with Crippen LogP contribution in [-0.2, 0) is 11.3 Å². The molecule has 1 aliphatic rings. The van der Waals surface area contributed by atoms with Crippen LogP contribution in [0.15, 0.2) is 47.6 Å². The number of rotatable bonds is 9. The second-order valence-electron chi connectivity index (χ2n) is 9.21. The summed E-state index contributed by atoms with van der Waals surface area (Å²) < 4.78 is 7.60. The SMILES string of the molecule is COc1cccc(NCc2nnc(SC(C)C(=O)Nc3cc(C)ccc3C)n2C2CCCCC2)c1. The van der Waals surface area contributed by atoms with E-state index in [-0.39, 0.29) is 11.2 Å². The number of nitrogens with one attached hydrogen (secondary N) is 2. The minimum absolute atomic E-state index is 0.0297. The average Bonchev–Trinajstić information content (AvgIpc) is 3.27. The lowest BCUT2D eigenvalue weighted by Gasteiger charge is -2.26. The van der Waals surface area contributed by atoms with E-state index >= 15 is 0 Å². The van der Waals surface area contributed by atoms with Crippen molar-refractivity contribution in [3.8, 4) is 5.75 Å². The summed E-state index contributed by atoms with van der Waals surface area (Å²) in [5, 5.41) is 16.1. The van der Waals surface area contributed by atoms with Gasteiger partial charge < -0.3 is 19.9 Å². The molecule has 1 aliphatic carbocycles. The molecular formula is C27H35N5O2S. The van der Waals surface area contributed by atoms with Crippen LogP contribution in [0.2, 0.25) is 0 Å². The summed E-state index contributed by atoms with van der Waals surface area (Å²) in [6.45, 7) is 6.52. The molecular weight excluding hydrogens is 458 g/mol. The number of hydrogen-bond donors (Lipinski definition) is 2. The topological polar surface area (TPSA) is 81.1 Å². The van der Waals surface area contributed by atoms with Gasteiger partial charge in [0.05, 0.1) is 18.9 Å². The van der Waals surface area contributed by atoms with E-state index in [1.165, 1.54) is 31.0 Å². The van der Waals surface area contributed by atoms with Gasteiger partial charge in [0.15, 0.2) is 11.0 Å². The molecule has 7 nitrogen and oxygen atoms in total. The number of methoxy groups -OCH3 is 1. The quantitative estimate of drug-likeness (QED) is 0.349. The lowest BCUT2D eigenvalue weighted by molar-refractivity contribution is -0.115. The highest BCUT2D eigenvalue weighted by atomic mass is 32.2. The third-order valence-electron chi connectivity index (χ3n) is 6.50. The standard InChI is InChI=1S/C27H35N5O2S/c1-18-13-14-19(2)24(15-18)29-26(33)20(3)35-27-31-30-25(32(27)22-10-6-5-7-11-22)17-28-21-9-8-12-23(16-21)34-4/h8-9,12-16,20,22,28H,5-7,10-11,17H2,1-4H3,(H,29,33). The minimum atomic E-state index is -0.305. The molecule has 1 amide bonds. The van der Waals surface area contributed by atoms with Gasteiger partial charge in [-0.05, 0) is 62.9 Å². The van der Waals surface area contributed by atoms with Crippen LogP contribution < -0.4 is 15.4 Å². The van der Waals surface area contributed by atoms with Gasteiger partial charge >= 0.3 is 0 Å². The first-order chi connectivity index (χ1) is 16.9. The van der Waals surface area contributed by atoms with E-state index in [1.54, 1.807) is 7.11 Å². The molecule has 1 saturated carbocycles. The molecule has 3 aromatic rings. The predicted octanol–water partition coefficient (Wildman–Crippen LogP) is 6.14. The molecule has 0 radical (unpaired) electrons. The largest absolute Gasteiger partial charge is 0.497 e. The van der Waals surface area contributed by atoms with Crippen molar-refractivity contribution in [2.24, 2.45) is 0 Å². The van der Waals surface area contributed by atoms with Gasteiger partial charge in [-0.3, -0.25) is 4.79 Å². The summed E-state index contributed by atoms with van der Waals surface area (Å²) in [6.07, 6.45) is 5.91. The van der Waals surface area contributed by atoms with Crippen LogP contribution in [0.1, 0.15) is 62.0 Å². The van der Waals surface area contributed by atoms with Crippen molar-refractivity contribution >= 4 is 29.0 Å². The van der Waals surface area contributed by atoms with Crippen LogP contribution in [0.5, 0.6) is 5.75 Å². The molecule has 1 fully saturated rings. The molecule has 2 aromatic carbocycles. The Kier molecular flexibility index (Phi) is 8.33. The third-order valence-corrected chi connectivity index (χ3v) is 7.55. The first-order valence-corrected chi connectivity index (χ1v) is 13.2. The highest BCUT2D eigenvalue weighted by Gasteiger charge is 2.26. The third kappa shape index (κ3) is 6.36. The Balaban J connectivity index is 1.50. The van der Waals surface area contributed by atoms with Gasteiger partial charge in [0.25, 0.3) is 0 Å². The van der Waals surface area contributed by atoms with Gasteiger partial charge in [0, 0.05) is 23.5 Å². The van der Waals surface area contributed by atoms with Crippen LogP contribution in [0.3, 0.4) is 0 Å². The minimum Gasteiger partial charge on any atom is -0.497 e. The van der Waals surface area contributed by atoms with Gasteiger partial charge in [0.1, 0.15) is 5.75 Å². The lowest BCUT2D eigenvalue weighted by Crippen LogP contribution is -2.24. The molecule has 0 spiro atoms. The number of benzene rings is 2. The molecule has 0 aliphatic heterocycles. The van der Waals surface area contributed by atoms with Gasteiger partial charge in [-0.15, -0.1) is 10.2 Å². The molecule has 1 heterocycles. The van der Waals surface area contributed by atoms with E-state index in [0.29, 0.717) is 12.6 Å². The van der Waals surface area contributed by atoms with Gasteiger partial charge in [-0.25, -0.2) is 0 Å². The number of carbonyl (C=O) groups is 1. The number of amides is 1. The van der Waals surface area contributed by atoms with Gasteiger partial charge in [0.2, 0.25) is 5.91 Å². The number of ether oxygens (including phenoxy) is 1. The van der Waals surface area contributed by atoms with E-state index in [0.717, 1.165) is 52.1 Å². The highest BCUT2D eigenvalue weighted by molar-refractivity contribution is 8.00. The zero-order valence-corrected chi connectivity index (χ0v) is 21.8. The maximum absolute atomic E-state index is 13.0. The van der Waals surface area contributed by atoms with Crippen molar-refractivity contribution in [2.75, 3.05) is 17.7 Å². The second kappa shape index (κ2) is 11.6. The van der Waals surface area contributed by atoms with Crippen LogP contribution in [-0.4, -0.2) is 33.0 Å². The van der Waals surface area contributed by atoms with Gasteiger partial charge in [-0.2, -0.15) is 0 Å². The summed E-state index contributed by atoms with van der Waals surface area (Å²) >= 11 is 1.48. The molecule has 2 N–H and O–H groups in total. The van der Waals surface area contributed by atoms with E-state index in [4.69, 9.17) is 4.74 Å². The number of carbonyl (C=O) groups excluding carboxylic acids is 1. The molecule has 1 aromatic heterocycles. The van der Waals surface area contributed by atoms with Crippen molar-refractivity contribution in [1.29, 1.82) is 0 Å². The zero-order chi connectivity index (χ0) is 24.8.